The van der Waals surface area contributed by atoms with Gasteiger partial charge in [-0.2, -0.15) is 0 Å². The summed E-state index contributed by atoms with van der Waals surface area (Å²) in [4.78, 5) is 10.6. The van der Waals surface area contributed by atoms with Crippen molar-refractivity contribution < 1.29 is 0 Å². The SMILES string of the molecule is CN1CCC(C)(CNc2nccnc2N)CC1. The maximum Gasteiger partial charge on any atom is 0.168 e. The average molecular weight is 235 g/mol. The number of piperidine rings is 1. The molecule has 1 fully saturated rings. The first-order valence-electron chi connectivity index (χ1n) is 6.08. The third kappa shape index (κ3) is 3.06. The van der Waals surface area contributed by atoms with Crippen molar-refractivity contribution >= 4 is 11.6 Å². The second-order valence-electron chi connectivity index (χ2n) is 5.26. The van der Waals surface area contributed by atoms with Crippen LogP contribution in [-0.2, 0) is 0 Å². The lowest BCUT2D eigenvalue weighted by atomic mass is 9.80. The molecule has 0 spiro atoms. The molecule has 17 heavy (non-hydrogen) atoms. The highest BCUT2D eigenvalue weighted by Gasteiger charge is 2.28. The molecule has 5 heteroatoms. The number of hydrogen-bond acceptors (Lipinski definition) is 5. The summed E-state index contributed by atoms with van der Waals surface area (Å²) in [7, 11) is 2.17. The normalized spacial score (nSPS) is 20.1. The number of hydrogen-bond donors (Lipinski definition) is 2. The van der Waals surface area contributed by atoms with Gasteiger partial charge in [0, 0.05) is 18.9 Å². The largest absolute Gasteiger partial charge is 0.381 e. The van der Waals surface area contributed by atoms with Gasteiger partial charge in [0.1, 0.15) is 0 Å². The van der Waals surface area contributed by atoms with Crippen LogP contribution in [-0.4, -0.2) is 41.5 Å². The van der Waals surface area contributed by atoms with Gasteiger partial charge in [-0.1, -0.05) is 6.92 Å². The monoisotopic (exact) mass is 235 g/mol. The summed E-state index contributed by atoms with van der Waals surface area (Å²) < 4.78 is 0. The first-order valence-corrected chi connectivity index (χ1v) is 6.08. The lowest BCUT2D eigenvalue weighted by Gasteiger charge is -2.38. The Labute approximate surface area is 102 Å². The molecule has 0 bridgehead atoms. The zero-order valence-corrected chi connectivity index (χ0v) is 10.6. The minimum absolute atomic E-state index is 0.330. The molecule has 1 aliphatic rings. The molecule has 94 valence electrons. The fourth-order valence-corrected chi connectivity index (χ4v) is 2.12. The second-order valence-corrected chi connectivity index (χ2v) is 5.26. The molecule has 0 unspecified atom stereocenters. The van der Waals surface area contributed by atoms with E-state index in [1.54, 1.807) is 12.4 Å². The molecule has 0 amide bonds. The average Bonchev–Trinajstić information content (AvgIpc) is 2.33. The minimum Gasteiger partial charge on any atom is -0.381 e. The second kappa shape index (κ2) is 4.87. The molecule has 1 saturated heterocycles. The van der Waals surface area contributed by atoms with E-state index < -0.39 is 0 Å². The molecule has 2 rings (SSSR count). The van der Waals surface area contributed by atoms with Crippen LogP contribution in [0.25, 0.3) is 0 Å². The van der Waals surface area contributed by atoms with E-state index in [4.69, 9.17) is 5.73 Å². The van der Waals surface area contributed by atoms with Gasteiger partial charge in [0.15, 0.2) is 11.6 Å². The summed E-state index contributed by atoms with van der Waals surface area (Å²) in [6.07, 6.45) is 5.68. The van der Waals surface area contributed by atoms with Crippen LogP contribution in [0, 0.1) is 5.41 Å². The van der Waals surface area contributed by atoms with Crippen molar-refractivity contribution in [2.45, 2.75) is 19.8 Å². The fraction of sp³-hybridized carbons (Fsp3) is 0.667. The van der Waals surface area contributed by atoms with Gasteiger partial charge < -0.3 is 16.0 Å². The van der Waals surface area contributed by atoms with Crippen LogP contribution in [0.4, 0.5) is 11.6 Å². The van der Waals surface area contributed by atoms with E-state index in [0.717, 1.165) is 19.6 Å². The molecule has 0 aliphatic carbocycles. The van der Waals surface area contributed by atoms with Crippen molar-refractivity contribution in [1.29, 1.82) is 0 Å². The molecule has 1 aliphatic heterocycles. The van der Waals surface area contributed by atoms with Gasteiger partial charge >= 0.3 is 0 Å². The Kier molecular flexibility index (Phi) is 3.47. The number of nitrogens with two attached hydrogens (primary N) is 1. The molecule has 0 atom stereocenters. The molecule has 0 aromatic carbocycles. The summed E-state index contributed by atoms with van der Waals surface area (Å²) >= 11 is 0. The van der Waals surface area contributed by atoms with E-state index in [0.29, 0.717) is 17.1 Å². The predicted octanol–water partition coefficient (Wildman–Crippen LogP) is 1.20. The van der Waals surface area contributed by atoms with Crippen LogP contribution in [0.15, 0.2) is 12.4 Å². The zero-order valence-electron chi connectivity index (χ0n) is 10.6. The lowest BCUT2D eigenvalue weighted by molar-refractivity contribution is 0.150. The van der Waals surface area contributed by atoms with E-state index in [-0.39, 0.29) is 0 Å². The van der Waals surface area contributed by atoms with E-state index >= 15 is 0 Å². The van der Waals surface area contributed by atoms with Crippen molar-refractivity contribution in [3.63, 3.8) is 0 Å². The summed E-state index contributed by atoms with van der Waals surface area (Å²) in [6, 6.07) is 0. The number of likely N-dealkylation sites (tertiary alicyclic amines) is 1. The number of aromatic nitrogens is 2. The van der Waals surface area contributed by atoms with Crippen molar-refractivity contribution in [3.05, 3.63) is 12.4 Å². The zero-order chi connectivity index (χ0) is 12.3. The van der Waals surface area contributed by atoms with E-state index in [2.05, 4.69) is 34.2 Å². The van der Waals surface area contributed by atoms with Gasteiger partial charge in [-0.15, -0.1) is 0 Å². The topological polar surface area (TPSA) is 67.1 Å². The highest BCUT2D eigenvalue weighted by Crippen LogP contribution is 2.30. The molecule has 5 nitrogen and oxygen atoms in total. The Hall–Kier alpha value is -1.36. The molecule has 2 heterocycles. The number of nitrogens with one attached hydrogen (secondary N) is 1. The van der Waals surface area contributed by atoms with Gasteiger partial charge in [-0.05, 0) is 38.4 Å². The first kappa shape index (κ1) is 12.1. The highest BCUT2D eigenvalue weighted by atomic mass is 15.1. The van der Waals surface area contributed by atoms with Crippen molar-refractivity contribution in [2.75, 3.05) is 37.7 Å². The third-order valence-corrected chi connectivity index (χ3v) is 3.60. The number of nitrogens with zero attached hydrogens (tertiary/aromatic N) is 3. The van der Waals surface area contributed by atoms with Gasteiger partial charge in [0.05, 0.1) is 0 Å². The van der Waals surface area contributed by atoms with Crippen LogP contribution in [0.3, 0.4) is 0 Å². The Balaban J connectivity index is 1.92. The van der Waals surface area contributed by atoms with Gasteiger partial charge in [0.25, 0.3) is 0 Å². The predicted molar refractivity (Wildman–Crippen MR) is 69.8 cm³/mol. The van der Waals surface area contributed by atoms with Gasteiger partial charge in [-0.25, -0.2) is 9.97 Å². The Morgan fingerprint density at radius 2 is 2.00 bits per heavy atom. The Bertz CT molecular complexity index is 371. The van der Waals surface area contributed by atoms with E-state index in [1.807, 2.05) is 0 Å². The summed E-state index contributed by atoms with van der Waals surface area (Å²) in [5.41, 5.74) is 6.09. The fourth-order valence-electron chi connectivity index (χ4n) is 2.12. The van der Waals surface area contributed by atoms with Gasteiger partial charge in [0.2, 0.25) is 0 Å². The van der Waals surface area contributed by atoms with Crippen LogP contribution < -0.4 is 11.1 Å². The molecule has 3 N–H and O–H groups in total. The molecule has 1 aromatic rings. The Morgan fingerprint density at radius 3 is 2.65 bits per heavy atom. The van der Waals surface area contributed by atoms with Crippen LogP contribution in [0.2, 0.25) is 0 Å². The minimum atomic E-state index is 0.330. The van der Waals surface area contributed by atoms with Crippen LogP contribution >= 0.6 is 0 Å². The number of nitrogen functional groups attached to an aromatic ring is 1. The molecule has 0 saturated carbocycles. The van der Waals surface area contributed by atoms with Crippen molar-refractivity contribution in [1.82, 2.24) is 14.9 Å². The van der Waals surface area contributed by atoms with E-state index in [9.17, 15) is 0 Å². The smallest absolute Gasteiger partial charge is 0.168 e. The Morgan fingerprint density at radius 1 is 1.35 bits per heavy atom. The third-order valence-electron chi connectivity index (χ3n) is 3.60. The number of anilines is 2. The molecular formula is C12H21N5. The van der Waals surface area contributed by atoms with E-state index in [1.165, 1.54) is 12.8 Å². The quantitative estimate of drug-likeness (QED) is 0.824. The standard InChI is InChI=1S/C12H21N5/c1-12(3-7-17(2)8-4-12)9-16-11-10(13)14-5-6-15-11/h5-6H,3-4,7-9H2,1-2H3,(H2,13,14)(H,15,16). The van der Waals surface area contributed by atoms with Crippen molar-refractivity contribution in [3.8, 4) is 0 Å². The highest BCUT2D eigenvalue weighted by molar-refractivity contribution is 5.54. The lowest BCUT2D eigenvalue weighted by Crippen LogP contribution is -2.40. The van der Waals surface area contributed by atoms with Crippen LogP contribution in [0.5, 0.6) is 0 Å². The maximum absolute atomic E-state index is 5.76. The summed E-state index contributed by atoms with van der Waals surface area (Å²) in [5, 5.41) is 3.32. The number of rotatable bonds is 3. The van der Waals surface area contributed by atoms with Crippen LogP contribution in [0.1, 0.15) is 19.8 Å². The van der Waals surface area contributed by atoms with Gasteiger partial charge in [-0.3, -0.25) is 0 Å². The summed E-state index contributed by atoms with van der Waals surface area (Å²) in [5.74, 6) is 1.18. The maximum atomic E-state index is 5.76. The first-order chi connectivity index (χ1) is 8.09. The van der Waals surface area contributed by atoms with Crippen molar-refractivity contribution in [2.24, 2.45) is 5.41 Å². The molecular weight excluding hydrogens is 214 g/mol. The summed E-state index contributed by atoms with van der Waals surface area (Å²) in [6.45, 7) is 5.55. The molecule has 1 aromatic heterocycles. The molecule has 0 radical (unpaired) electrons.